The van der Waals surface area contributed by atoms with Gasteiger partial charge in [0.2, 0.25) is 0 Å². The van der Waals surface area contributed by atoms with Gasteiger partial charge in [-0.2, -0.15) is 0 Å². The van der Waals surface area contributed by atoms with E-state index in [-0.39, 0.29) is 0 Å². The van der Waals surface area contributed by atoms with E-state index in [0.29, 0.717) is 12.1 Å². The van der Waals surface area contributed by atoms with Gasteiger partial charge in [-0.1, -0.05) is 17.1 Å². The van der Waals surface area contributed by atoms with E-state index in [1.165, 1.54) is 0 Å². The number of benzene rings is 1. The molecule has 1 rings (SSSR count). The summed E-state index contributed by atoms with van der Waals surface area (Å²) in [4.78, 5) is 0. The lowest BCUT2D eigenvalue weighted by Gasteiger charge is -2.17. The maximum atomic E-state index is 12.6. The molecule has 0 bridgehead atoms. The van der Waals surface area contributed by atoms with Crippen LogP contribution in [0.1, 0.15) is 0 Å². The van der Waals surface area contributed by atoms with E-state index >= 15 is 0 Å². The van der Waals surface area contributed by atoms with Crippen LogP contribution in [0, 0.1) is 11.6 Å². The third-order valence-corrected chi connectivity index (χ3v) is 1.74. The molecule has 0 nitrogen and oxygen atoms in total. The highest BCUT2D eigenvalue weighted by molar-refractivity contribution is 6.76. The molecule has 0 radical (unpaired) electrons. The van der Waals surface area contributed by atoms with Gasteiger partial charge in [-0.15, -0.1) is 0 Å². The maximum Gasteiger partial charge on any atom is 0.514 e. The fourth-order valence-corrected chi connectivity index (χ4v) is 1.11. The first-order chi connectivity index (χ1) is 5.84. The molecule has 0 N–H and O–H groups in total. The van der Waals surface area contributed by atoms with Crippen LogP contribution in [0.25, 0.3) is 0 Å². The van der Waals surface area contributed by atoms with E-state index in [4.69, 9.17) is 11.6 Å². The zero-order valence-electron chi connectivity index (χ0n) is 6.00. The van der Waals surface area contributed by atoms with Crippen molar-refractivity contribution in [2.45, 2.75) is 0 Å². The standard InChI is InChI=1S/C6H2BClF5/c8-3-1-2-4(9)6(10)5(3)7(11,12)13/h1-2H/q-1. The molecule has 0 atom stereocenters. The molecule has 0 heterocycles. The zero-order valence-corrected chi connectivity index (χ0v) is 6.76. The highest BCUT2D eigenvalue weighted by Crippen LogP contribution is 2.19. The smallest absolute Gasteiger partial charge is 0.445 e. The zero-order chi connectivity index (χ0) is 10.2. The van der Waals surface area contributed by atoms with Gasteiger partial charge in [0.25, 0.3) is 0 Å². The summed E-state index contributed by atoms with van der Waals surface area (Å²) >= 11 is 5.08. The van der Waals surface area contributed by atoms with E-state index in [9.17, 15) is 21.7 Å². The quantitative estimate of drug-likeness (QED) is 0.384. The van der Waals surface area contributed by atoms with E-state index in [2.05, 4.69) is 0 Å². The van der Waals surface area contributed by atoms with E-state index in [1.807, 2.05) is 0 Å². The van der Waals surface area contributed by atoms with Gasteiger partial charge in [-0.05, 0) is 12.1 Å². The summed E-state index contributed by atoms with van der Waals surface area (Å²) in [6.45, 7) is -5.62. The number of hydrogen-bond acceptors (Lipinski definition) is 0. The molecular weight excluding hydrogens is 213 g/mol. The Morgan fingerprint density at radius 2 is 1.62 bits per heavy atom. The van der Waals surface area contributed by atoms with Crippen molar-refractivity contribution in [1.82, 2.24) is 0 Å². The predicted octanol–water partition coefficient (Wildman–Crippen LogP) is 2.67. The monoisotopic (exact) mass is 215 g/mol. The van der Waals surface area contributed by atoms with Crippen molar-refractivity contribution >= 4 is 24.0 Å². The highest BCUT2D eigenvalue weighted by Gasteiger charge is 2.32. The van der Waals surface area contributed by atoms with Crippen molar-refractivity contribution in [3.63, 3.8) is 0 Å². The third kappa shape index (κ3) is 1.93. The maximum absolute atomic E-state index is 12.6. The van der Waals surface area contributed by atoms with Crippen LogP contribution in [-0.2, 0) is 0 Å². The molecule has 0 unspecified atom stereocenters. The SMILES string of the molecule is Fc1ccc(Cl)c([B-](F)(F)F)c1F. The van der Waals surface area contributed by atoms with Gasteiger partial charge < -0.3 is 12.9 Å². The Morgan fingerprint density at radius 3 is 2.00 bits per heavy atom. The predicted molar refractivity (Wildman–Crippen MR) is 40.1 cm³/mol. The van der Waals surface area contributed by atoms with Crippen molar-refractivity contribution in [1.29, 1.82) is 0 Å². The van der Waals surface area contributed by atoms with E-state index in [1.54, 1.807) is 0 Å². The number of hydrogen-bond donors (Lipinski definition) is 0. The van der Waals surface area contributed by atoms with Crippen molar-refractivity contribution in [2.24, 2.45) is 0 Å². The molecule has 1 aromatic carbocycles. The van der Waals surface area contributed by atoms with Gasteiger partial charge in [-0.25, -0.2) is 8.78 Å². The molecule has 0 saturated heterocycles. The average Bonchev–Trinajstić information content (AvgIpc) is 1.95. The average molecular weight is 215 g/mol. The van der Waals surface area contributed by atoms with Gasteiger partial charge >= 0.3 is 6.98 Å². The van der Waals surface area contributed by atoms with Crippen LogP contribution < -0.4 is 5.46 Å². The van der Waals surface area contributed by atoms with Crippen LogP contribution in [0.3, 0.4) is 0 Å². The molecule has 0 amide bonds. The summed E-state index contributed by atoms with van der Waals surface area (Å²) in [7, 11) is 0. The second-order valence-electron chi connectivity index (χ2n) is 2.33. The van der Waals surface area contributed by atoms with Crippen LogP contribution >= 0.6 is 11.6 Å². The minimum Gasteiger partial charge on any atom is -0.445 e. The van der Waals surface area contributed by atoms with E-state index < -0.39 is 29.1 Å². The van der Waals surface area contributed by atoms with Crippen LogP contribution in [0.2, 0.25) is 5.02 Å². The lowest BCUT2D eigenvalue weighted by Crippen LogP contribution is -2.38. The van der Waals surface area contributed by atoms with Crippen molar-refractivity contribution in [3.05, 3.63) is 28.8 Å². The Hall–Kier alpha value is -0.775. The van der Waals surface area contributed by atoms with Crippen LogP contribution in [0.5, 0.6) is 0 Å². The number of rotatable bonds is 1. The molecule has 13 heavy (non-hydrogen) atoms. The first-order valence-electron chi connectivity index (χ1n) is 3.17. The lowest BCUT2D eigenvalue weighted by molar-refractivity contribution is 0.478. The van der Waals surface area contributed by atoms with Crippen LogP contribution in [0.4, 0.5) is 21.7 Å². The van der Waals surface area contributed by atoms with Crippen LogP contribution in [0.15, 0.2) is 12.1 Å². The summed E-state index contributed by atoms with van der Waals surface area (Å²) in [6.07, 6.45) is 0. The summed E-state index contributed by atoms with van der Waals surface area (Å²) in [5.41, 5.74) is -1.71. The molecule has 0 aliphatic heterocycles. The molecule has 0 fully saturated rings. The minimum atomic E-state index is -5.62. The molecule has 0 saturated carbocycles. The molecule has 0 aromatic heterocycles. The Kier molecular flexibility index (Phi) is 2.52. The lowest BCUT2D eigenvalue weighted by atomic mass is 9.79. The van der Waals surface area contributed by atoms with Crippen LogP contribution in [-0.4, -0.2) is 6.98 Å². The summed E-state index contributed by atoms with van der Waals surface area (Å²) in [6, 6.07) is 1.22. The first-order valence-corrected chi connectivity index (χ1v) is 3.55. The Bertz CT molecular complexity index is 335. The van der Waals surface area contributed by atoms with Gasteiger partial charge in [0, 0.05) is 5.02 Å². The van der Waals surface area contributed by atoms with Gasteiger partial charge in [0.15, 0.2) is 5.82 Å². The van der Waals surface area contributed by atoms with Gasteiger partial charge in [0.05, 0.1) is 0 Å². The molecule has 1 aromatic rings. The fraction of sp³-hybridized carbons (Fsp3) is 0. The summed E-state index contributed by atoms with van der Waals surface area (Å²) in [5.74, 6) is -3.50. The topological polar surface area (TPSA) is 0 Å². The Balaban J connectivity index is 3.43. The Labute approximate surface area is 75.4 Å². The molecular formula is C6H2BClF5-. The molecule has 0 spiro atoms. The minimum absolute atomic E-state index is 0.545. The highest BCUT2D eigenvalue weighted by atomic mass is 35.5. The first kappa shape index (κ1) is 10.3. The molecule has 7 heteroatoms. The van der Waals surface area contributed by atoms with Gasteiger partial charge in [0.1, 0.15) is 5.82 Å². The second-order valence-corrected chi connectivity index (χ2v) is 2.74. The summed E-state index contributed by atoms with van der Waals surface area (Å²) < 4.78 is 61.1. The fourth-order valence-electron chi connectivity index (χ4n) is 0.843. The molecule has 72 valence electrons. The van der Waals surface area contributed by atoms with E-state index in [0.717, 1.165) is 0 Å². The normalized spacial score (nSPS) is 11.8. The third-order valence-electron chi connectivity index (χ3n) is 1.41. The largest absolute Gasteiger partial charge is 0.514 e. The Morgan fingerprint density at radius 1 is 1.08 bits per heavy atom. The second kappa shape index (κ2) is 3.18. The van der Waals surface area contributed by atoms with Crippen molar-refractivity contribution < 1.29 is 21.7 Å². The number of halogens is 6. The molecule has 0 aliphatic rings. The van der Waals surface area contributed by atoms with Gasteiger partial charge in [-0.3, -0.25) is 0 Å². The summed E-state index contributed by atoms with van der Waals surface area (Å²) in [5, 5.41) is -0.827. The van der Waals surface area contributed by atoms with Crippen molar-refractivity contribution in [3.8, 4) is 0 Å². The molecule has 0 aliphatic carbocycles. The van der Waals surface area contributed by atoms with Crippen molar-refractivity contribution in [2.75, 3.05) is 0 Å².